The molecule has 2 heteroatoms. The highest BCUT2D eigenvalue weighted by atomic mass is 15.2. The minimum Gasteiger partial charge on any atom is -0.310 e. The second kappa shape index (κ2) is 25.1. The monoisotopic (exact) mass is 1250 g/mol. The van der Waals surface area contributed by atoms with Crippen LogP contribution in [-0.2, 0) is 0 Å². The molecule has 0 aliphatic heterocycles. The van der Waals surface area contributed by atoms with Crippen molar-refractivity contribution in [3.63, 3.8) is 0 Å². The van der Waals surface area contributed by atoms with Gasteiger partial charge in [0.2, 0.25) is 0 Å². The first-order valence-corrected chi connectivity index (χ1v) is 34.1. The molecule has 0 bridgehead atoms. The molecule has 17 rings (SSSR count). The van der Waals surface area contributed by atoms with Crippen molar-refractivity contribution in [2.75, 3.05) is 9.80 Å². The second-order valence-electron chi connectivity index (χ2n) is 26.1. The van der Waals surface area contributed by atoms with E-state index in [2.05, 4.69) is 389 Å². The summed E-state index contributed by atoms with van der Waals surface area (Å²) in [6, 6.07) is 130. The van der Waals surface area contributed by atoms with Crippen LogP contribution in [0.3, 0.4) is 0 Å². The van der Waals surface area contributed by atoms with Crippen molar-refractivity contribution in [1.82, 2.24) is 0 Å². The summed E-state index contributed by atoms with van der Waals surface area (Å²) in [4.78, 5) is 5.06. The molecule has 0 spiro atoms. The number of rotatable bonds is 14. The highest BCUT2D eigenvalue weighted by Crippen LogP contribution is 2.66. The number of hydrogen-bond donors (Lipinski definition) is 0. The number of hydrogen-bond acceptors (Lipinski definition) is 2. The third-order valence-electron chi connectivity index (χ3n) is 20.1. The minimum absolute atomic E-state index is 1.08. The van der Waals surface area contributed by atoms with Crippen LogP contribution in [0.2, 0.25) is 0 Å². The number of anilines is 6. The van der Waals surface area contributed by atoms with Crippen molar-refractivity contribution in [3.8, 4) is 111 Å². The zero-order chi connectivity index (χ0) is 65.8. The van der Waals surface area contributed by atoms with E-state index in [-0.39, 0.29) is 0 Å². The van der Waals surface area contributed by atoms with Gasteiger partial charge >= 0.3 is 0 Å². The van der Waals surface area contributed by atoms with E-state index >= 15 is 0 Å². The van der Waals surface area contributed by atoms with E-state index in [1.54, 1.807) is 0 Å². The summed E-state index contributed by atoms with van der Waals surface area (Å²) in [6.07, 6.45) is 0. The zero-order valence-electron chi connectivity index (χ0n) is 55.4. The summed E-state index contributed by atoms with van der Waals surface area (Å²) in [5, 5.41) is 4.75. The predicted octanol–water partition coefficient (Wildman–Crippen LogP) is 27.1. The van der Waals surface area contributed by atoms with Gasteiger partial charge < -0.3 is 9.80 Å². The topological polar surface area (TPSA) is 6.48 Å². The Hall–Kier alpha value is -12.4. The highest BCUT2D eigenvalue weighted by Gasteiger charge is 2.39. The molecule has 1 aliphatic rings. The van der Waals surface area contributed by atoms with Crippen LogP contribution >= 0.6 is 0 Å². The van der Waals surface area contributed by atoms with E-state index in [0.717, 1.165) is 56.4 Å². The van der Waals surface area contributed by atoms with Crippen molar-refractivity contribution in [2.24, 2.45) is 0 Å². The van der Waals surface area contributed by atoms with E-state index in [0.29, 0.717) is 0 Å². The van der Waals surface area contributed by atoms with Gasteiger partial charge in [-0.1, -0.05) is 303 Å². The van der Waals surface area contributed by atoms with Crippen LogP contribution in [0.1, 0.15) is 22.3 Å². The summed E-state index contributed by atoms with van der Waals surface area (Å²) >= 11 is 0. The van der Waals surface area contributed by atoms with Gasteiger partial charge in [-0.3, -0.25) is 0 Å². The van der Waals surface area contributed by atoms with Gasteiger partial charge in [0.1, 0.15) is 0 Å². The Bertz CT molecular complexity index is 5120. The van der Waals surface area contributed by atoms with Crippen molar-refractivity contribution >= 4 is 55.7 Å². The van der Waals surface area contributed by atoms with Gasteiger partial charge in [-0.2, -0.15) is 0 Å². The lowest BCUT2D eigenvalue weighted by Crippen LogP contribution is -2.14. The average molecular weight is 1250 g/mol. The molecule has 0 heterocycles. The molecule has 0 amide bonds. The number of fused-ring (bicyclic) bond motifs is 6. The standard InChI is InChI=1S/C96H70N2/c1-63-45-49-75(67-29-13-5-14-30-67)57-85(63)97(86-58-76(50-46-64(86)2)68-31-15-6-16-32-68)79-53-55-81-83(61-79)91(73-41-25-11-26-42-73)95-93(89(81)71-37-21-9-22-38-71)96-92(74-43-27-12-28-44-74)84-62-80(54-56-82(84)90(94(95)96)72-39-23-10-24-40-72)98(87-59-77(51-47-65(87)3)69-33-17-7-18-34-69)88-60-78(52-48-66(88)4)70-35-19-8-20-36-70/h5-62H,1-4H3. The van der Waals surface area contributed by atoms with Crippen LogP contribution in [0.5, 0.6) is 0 Å². The highest BCUT2D eigenvalue weighted by molar-refractivity contribution is 6.33. The van der Waals surface area contributed by atoms with Crippen LogP contribution in [0.25, 0.3) is 133 Å². The fraction of sp³-hybridized carbons (Fsp3) is 0.0417. The maximum absolute atomic E-state index is 2.53. The maximum Gasteiger partial charge on any atom is 0.0497 e. The SMILES string of the molecule is Cc1ccc(-c2ccccc2)cc1N(c1ccc2c(-c3ccccc3)c3c(c(-c4ccccc4)c2c1)-c1c-3c(-c2ccccc2)c2cc(N(c3cc(-c4ccccc4)ccc3C)c3cc(-c4ccccc4)ccc3C)ccc2c1-c1ccccc1)c1cc(-c2ccccc2)ccc1C. The Labute approximate surface area is 575 Å². The van der Waals surface area contributed by atoms with Crippen molar-refractivity contribution in [3.05, 3.63) is 374 Å². The quantitative estimate of drug-likeness (QED) is 0.107. The molecule has 0 radical (unpaired) electrons. The lowest BCUT2D eigenvalue weighted by molar-refractivity contribution is 1.23. The molecule has 1 aliphatic carbocycles. The summed E-state index contributed by atoms with van der Waals surface area (Å²) in [5.41, 5.74) is 35.3. The van der Waals surface area contributed by atoms with Gasteiger partial charge in [0.15, 0.2) is 0 Å². The molecule has 0 unspecified atom stereocenters. The first kappa shape index (κ1) is 59.4. The molecule has 16 aromatic carbocycles. The summed E-state index contributed by atoms with van der Waals surface area (Å²) in [6.45, 7) is 9.02. The van der Waals surface area contributed by atoms with Gasteiger partial charge in [0, 0.05) is 34.1 Å². The fourth-order valence-corrected chi connectivity index (χ4v) is 15.2. The maximum atomic E-state index is 2.53. The van der Waals surface area contributed by atoms with Crippen molar-refractivity contribution in [1.29, 1.82) is 0 Å². The summed E-state index contributed by atoms with van der Waals surface area (Å²) < 4.78 is 0. The van der Waals surface area contributed by atoms with Crippen LogP contribution in [0.4, 0.5) is 34.1 Å². The molecule has 0 saturated heterocycles. The van der Waals surface area contributed by atoms with E-state index in [1.165, 1.54) is 133 Å². The lowest BCUT2D eigenvalue weighted by Gasteiger charge is -2.38. The fourth-order valence-electron chi connectivity index (χ4n) is 15.2. The third kappa shape index (κ3) is 10.5. The predicted molar refractivity (Wildman–Crippen MR) is 418 cm³/mol. The van der Waals surface area contributed by atoms with E-state index in [4.69, 9.17) is 0 Å². The molecular formula is C96H70N2. The van der Waals surface area contributed by atoms with Crippen molar-refractivity contribution < 1.29 is 0 Å². The van der Waals surface area contributed by atoms with Gasteiger partial charge in [-0.15, -0.1) is 0 Å². The van der Waals surface area contributed by atoms with Gasteiger partial charge in [0.25, 0.3) is 0 Å². The van der Waals surface area contributed by atoms with Crippen LogP contribution in [0.15, 0.2) is 352 Å². The van der Waals surface area contributed by atoms with Gasteiger partial charge in [0.05, 0.1) is 0 Å². The Morgan fingerprint density at radius 3 is 0.582 bits per heavy atom. The van der Waals surface area contributed by atoms with Crippen LogP contribution in [0, 0.1) is 27.7 Å². The molecule has 464 valence electrons. The largest absolute Gasteiger partial charge is 0.310 e. The second-order valence-corrected chi connectivity index (χ2v) is 26.1. The molecular weight excluding hydrogens is 1180 g/mol. The average Bonchev–Trinajstić information content (AvgIpc) is 0.669. The molecule has 0 atom stereocenters. The Kier molecular flexibility index (Phi) is 15.2. The molecule has 0 aromatic heterocycles. The third-order valence-corrected chi connectivity index (χ3v) is 20.1. The Morgan fingerprint density at radius 2 is 0.357 bits per heavy atom. The first-order chi connectivity index (χ1) is 48.3. The molecule has 0 N–H and O–H groups in total. The minimum atomic E-state index is 1.08. The van der Waals surface area contributed by atoms with E-state index in [1.807, 2.05) is 0 Å². The Morgan fingerprint density at radius 1 is 0.153 bits per heavy atom. The van der Waals surface area contributed by atoms with E-state index in [9.17, 15) is 0 Å². The zero-order valence-corrected chi connectivity index (χ0v) is 55.4. The van der Waals surface area contributed by atoms with Gasteiger partial charge in [-0.05, 0) is 231 Å². The smallest absolute Gasteiger partial charge is 0.0497 e. The van der Waals surface area contributed by atoms with Gasteiger partial charge in [-0.25, -0.2) is 0 Å². The molecule has 2 nitrogen and oxygen atoms in total. The number of aryl methyl sites for hydroxylation is 4. The number of benzene rings is 16. The molecule has 98 heavy (non-hydrogen) atoms. The summed E-state index contributed by atoms with van der Waals surface area (Å²) in [5.74, 6) is 0. The number of nitrogens with zero attached hydrogens (tertiary/aromatic N) is 2. The normalized spacial score (nSPS) is 11.5. The van der Waals surface area contributed by atoms with Crippen molar-refractivity contribution in [2.45, 2.75) is 27.7 Å². The summed E-state index contributed by atoms with van der Waals surface area (Å²) in [7, 11) is 0. The van der Waals surface area contributed by atoms with Crippen LogP contribution in [-0.4, -0.2) is 0 Å². The first-order valence-electron chi connectivity index (χ1n) is 34.1. The Balaban J connectivity index is 0.983. The lowest BCUT2D eigenvalue weighted by atomic mass is 9.65. The van der Waals surface area contributed by atoms with Crippen LogP contribution < -0.4 is 9.80 Å². The van der Waals surface area contributed by atoms with E-state index < -0.39 is 0 Å². The molecule has 0 saturated carbocycles. The molecule has 16 aromatic rings. The molecule has 0 fully saturated rings.